The second-order valence-corrected chi connectivity index (χ2v) is 9.46. The zero-order valence-electron chi connectivity index (χ0n) is 18.7. The highest BCUT2D eigenvalue weighted by Crippen LogP contribution is 2.44. The third kappa shape index (κ3) is 4.17. The Bertz CT molecular complexity index is 1620. The monoisotopic (exact) mass is 514 g/mol. The number of nitrogens with zero attached hydrogens (tertiary/aromatic N) is 1. The van der Waals surface area contributed by atoms with Gasteiger partial charge in [-0.25, -0.2) is 9.78 Å². The summed E-state index contributed by atoms with van der Waals surface area (Å²) in [6.07, 6.45) is 1.79. The number of rotatable bonds is 4. The van der Waals surface area contributed by atoms with E-state index in [0.717, 1.165) is 43.8 Å². The number of benzene rings is 3. The number of nitrogens with one attached hydrogen (secondary N) is 2. The molecule has 0 unspecified atom stereocenters. The molecule has 1 aliphatic heterocycles. The molecular weight excluding hydrogens is 496 g/mol. The van der Waals surface area contributed by atoms with Gasteiger partial charge in [0.25, 0.3) is 0 Å². The number of nitrogens with two attached hydrogens (primary N) is 1. The van der Waals surface area contributed by atoms with Gasteiger partial charge in [-0.15, -0.1) is 11.3 Å². The van der Waals surface area contributed by atoms with Crippen molar-refractivity contribution in [1.29, 1.82) is 0 Å². The molecule has 2 amide bonds. The van der Waals surface area contributed by atoms with Gasteiger partial charge in [0.2, 0.25) is 6.79 Å². The molecule has 1 aliphatic rings. The number of hydrogen-bond acceptors (Lipinski definition) is 6. The van der Waals surface area contributed by atoms with Gasteiger partial charge >= 0.3 is 6.03 Å². The third-order valence-corrected chi connectivity index (χ3v) is 7.09. The van der Waals surface area contributed by atoms with E-state index in [-0.39, 0.29) is 12.8 Å². The number of ether oxygens (including phenoxy) is 2. The van der Waals surface area contributed by atoms with E-state index in [0.29, 0.717) is 22.2 Å². The van der Waals surface area contributed by atoms with Crippen molar-refractivity contribution < 1.29 is 14.3 Å². The van der Waals surface area contributed by atoms with Gasteiger partial charge in [0.05, 0.1) is 0 Å². The van der Waals surface area contributed by atoms with Crippen LogP contribution in [0.5, 0.6) is 11.5 Å². The molecule has 178 valence electrons. The number of anilines is 3. The number of carbonyl (C=O) groups is 1. The van der Waals surface area contributed by atoms with E-state index in [4.69, 9.17) is 26.8 Å². The fourth-order valence-electron chi connectivity index (χ4n) is 4.14. The Labute approximate surface area is 215 Å². The van der Waals surface area contributed by atoms with Crippen molar-refractivity contribution in [2.45, 2.75) is 0 Å². The van der Waals surface area contributed by atoms with Crippen LogP contribution in [0.1, 0.15) is 0 Å². The van der Waals surface area contributed by atoms with Crippen LogP contribution in [0.4, 0.5) is 22.0 Å². The van der Waals surface area contributed by atoms with Crippen molar-refractivity contribution in [3.05, 3.63) is 83.3 Å². The maximum Gasteiger partial charge on any atom is 0.323 e. The van der Waals surface area contributed by atoms with Crippen LogP contribution in [0.2, 0.25) is 5.02 Å². The number of carbonyl (C=O) groups excluding carboxylic acids is 1. The topological polar surface area (TPSA) is 98.5 Å². The molecule has 3 heterocycles. The predicted molar refractivity (Wildman–Crippen MR) is 145 cm³/mol. The van der Waals surface area contributed by atoms with Gasteiger partial charge in [-0.05, 0) is 59.0 Å². The van der Waals surface area contributed by atoms with Crippen molar-refractivity contribution in [2.75, 3.05) is 23.2 Å². The van der Waals surface area contributed by atoms with Crippen molar-refractivity contribution >= 4 is 56.2 Å². The summed E-state index contributed by atoms with van der Waals surface area (Å²) in [6.45, 7) is 0.227. The fourth-order valence-corrected chi connectivity index (χ4v) is 5.45. The first-order valence-electron chi connectivity index (χ1n) is 11.0. The number of halogens is 1. The molecule has 5 aromatic rings. The molecule has 7 nitrogen and oxygen atoms in total. The lowest BCUT2D eigenvalue weighted by Crippen LogP contribution is -2.19. The highest BCUT2D eigenvalue weighted by atomic mass is 35.5. The fraction of sp³-hybridized carbons (Fsp3) is 0.0370. The number of aromatic nitrogens is 1. The Hall–Kier alpha value is -4.27. The van der Waals surface area contributed by atoms with Crippen LogP contribution in [0.15, 0.2) is 78.3 Å². The van der Waals surface area contributed by atoms with E-state index < -0.39 is 0 Å². The number of amides is 2. The largest absolute Gasteiger partial charge is 0.454 e. The summed E-state index contributed by atoms with van der Waals surface area (Å²) >= 11 is 7.59. The molecule has 36 heavy (non-hydrogen) atoms. The molecule has 0 aliphatic carbocycles. The van der Waals surface area contributed by atoms with E-state index in [1.54, 1.807) is 41.8 Å². The molecular formula is C27H19ClN4O3S. The smallest absolute Gasteiger partial charge is 0.323 e. The first-order valence-corrected chi connectivity index (χ1v) is 12.3. The summed E-state index contributed by atoms with van der Waals surface area (Å²) in [4.78, 5) is 16.8. The molecule has 0 bridgehead atoms. The van der Waals surface area contributed by atoms with Crippen molar-refractivity contribution in [3.63, 3.8) is 0 Å². The molecule has 2 aromatic heterocycles. The van der Waals surface area contributed by atoms with Crippen LogP contribution in [-0.4, -0.2) is 17.8 Å². The van der Waals surface area contributed by atoms with Crippen LogP contribution < -0.4 is 25.8 Å². The van der Waals surface area contributed by atoms with Crippen LogP contribution in [0, 0.1) is 0 Å². The average molecular weight is 515 g/mol. The first kappa shape index (κ1) is 22.2. The highest BCUT2D eigenvalue weighted by Gasteiger charge is 2.18. The van der Waals surface area contributed by atoms with E-state index in [2.05, 4.69) is 21.0 Å². The van der Waals surface area contributed by atoms with Gasteiger partial charge in [0.15, 0.2) is 11.5 Å². The van der Waals surface area contributed by atoms with E-state index >= 15 is 0 Å². The molecule has 0 saturated heterocycles. The first-order chi connectivity index (χ1) is 17.5. The second kappa shape index (κ2) is 9.07. The quantitative estimate of drug-likeness (QED) is 0.235. The molecule has 9 heteroatoms. The molecule has 0 fully saturated rings. The summed E-state index contributed by atoms with van der Waals surface area (Å²) in [6, 6.07) is 20.1. The van der Waals surface area contributed by atoms with Crippen molar-refractivity contribution in [3.8, 4) is 33.8 Å². The molecule has 3 aromatic carbocycles. The Balaban J connectivity index is 1.27. The minimum absolute atomic E-state index is 0.227. The van der Waals surface area contributed by atoms with E-state index in [9.17, 15) is 4.79 Å². The SMILES string of the molecule is Nc1ncc(-c2ccc3c(c2)OCO3)c2scc(-c3ccc(NC(=O)Nc4cccc(Cl)c4)cc3)c12. The minimum Gasteiger partial charge on any atom is -0.454 e. The van der Waals surface area contributed by atoms with Crippen molar-refractivity contribution in [2.24, 2.45) is 0 Å². The molecule has 0 atom stereocenters. The summed E-state index contributed by atoms with van der Waals surface area (Å²) in [5, 5.41) is 9.13. The van der Waals surface area contributed by atoms with Gasteiger partial charge in [0.1, 0.15) is 5.82 Å². The zero-order valence-corrected chi connectivity index (χ0v) is 20.3. The Morgan fingerprint density at radius 3 is 2.53 bits per heavy atom. The number of thiophene rings is 1. The summed E-state index contributed by atoms with van der Waals surface area (Å²) in [5.41, 5.74) is 11.5. The number of urea groups is 1. The van der Waals surface area contributed by atoms with Crippen LogP contribution in [0.3, 0.4) is 0 Å². The van der Waals surface area contributed by atoms with Gasteiger partial charge in [-0.2, -0.15) is 0 Å². The number of fused-ring (bicyclic) bond motifs is 2. The van der Waals surface area contributed by atoms with Crippen molar-refractivity contribution in [1.82, 2.24) is 4.98 Å². The van der Waals surface area contributed by atoms with Gasteiger partial charge in [0, 0.05) is 43.8 Å². The summed E-state index contributed by atoms with van der Waals surface area (Å²) in [5.74, 6) is 1.92. The zero-order chi connectivity index (χ0) is 24.6. The summed E-state index contributed by atoms with van der Waals surface area (Å²) in [7, 11) is 0. The highest BCUT2D eigenvalue weighted by molar-refractivity contribution is 7.18. The standard InChI is InChI=1S/C27H19ClN4O3S/c28-17-2-1-3-19(11-17)32-27(33)31-18-7-4-15(5-8-18)21-13-36-25-20(12-30-26(29)24(21)25)16-6-9-22-23(10-16)35-14-34-22/h1-13H,14H2,(H2,29,30)(H2,31,32,33). The second-order valence-electron chi connectivity index (χ2n) is 8.15. The van der Waals surface area contributed by atoms with E-state index in [1.165, 1.54) is 0 Å². The maximum absolute atomic E-state index is 12.4. The van der Waals surface area contributed by atoms with Gasteiger partial charge in [-0.3, -0.25) is 0 Å². The molecule has 4 N–H and O–H groups in total. The van der Waals surface area contributed by atoms with Gasteiger partial charge in [-0.1, -0.05) is 35.9 Å². The van der Waals surface area contributed by atoms with Crippen LogP contribution in [0.25, 0.3) is 32.3 Å². The molecule has 0 spiro atoms. The minimum atomic E-state index is -0.354. The summed E-state index contributed by atoms with van der Waals surface area (Å²) < 4.78 is 12.0. The average Bonchev–Trinajstić information content (AvgIpc) is 3.52. The normalized spacial score (nSPS) is 12.0. The lowest BCUT2D eigenvalue weighted by Gasteiger charge is -2.10. The number of nitrogen functional groups attached to an aromatic ring is 1. The molecule has 6 rings (SSSR count). The molecule has 0 saturated carbocycles. The Morgan fingerprint density at radius 2 is 1.69 bits per heavy atom. The van der Waals surface area contributed by atoms with E-state index in [1.807, 2.05) is 42.5 Å². The van der Waals surface area contributed by atoms with Crippen LogP contribution >= 0.6 is 22.9 Å². The maximum atomic E-state index is 12.4. The predicted octanol–water partition coefficient (Wildman–Crippen LogP) is 7.24. The Kier molecular flexibility index (Phi) is 5.59. The van der Waals surface area contributed by atoms with Gasteiger partial charge < -0.3 is 25.8 Å². The lowest BCUT2D eigenvalue weighted by molar-refractivity contribution is 0.174. The third-order valence-electron chi connectivity index (χ3n) is 5.84. The lowest BCUT2D eigenvalue weighted by atomic mass is 10.0. The Morgan fingerprint density at radius 1 is 0.917 bits per heavy atom. The van der Waals surface area contributed by atoms with Crippen LogP contribution in [-0.2, 0) is 0 Å². The number of pyridine rings is 1. The molecule has 0 radical (unpaired) electrons. The number of hydrogen-bond donors (Lipinski definition) is 3.